The third kappa shape index (κ3) is 1.91. The lowest BCUT2D eigenvalue weighted by Gasteiger charge is -2.16. The Labute approximate surface area is 123 Å². The number of aliphatic hydroxyl groups is 1. The van der Waals surface area contributed by atoms with Crippen LogP contribution in [0.3, 0.4) is 0 Å². The maximum Gasteiger partial charge on any atom is 0.105 e. The smallest absolute Gasteiger partial charge is 0.105 e. The van der Waals surface area contributed by atoms with Crippen LogP contribution in [-0.4, -0.2) is 5.11 Å². The molecule has 0 aliphatic heterocycles. The zero-order chi connectivity index (χ0) is 14.4. The summed E-state index contributed by atoms with van der Waals surface area (Å²) in [5, 5.41) is 13.3. The Balaban J connectivity index is 1.92. The van der Waals surface area contributed by atoms with Gasteiger partial charge in [-0.15, -0.1) is 0 Å². The molecule has 0 aromatic heterocycles. The van der Waals surface area contributed by atoms with Gasteiger partial charge in [-0.1, -0.05) is 42.5 Å². The van der Waals surface area contributed by atoms with Gasteiger partial charge in [-0.2, -0.15) is 0 Å². The fourth-order valence-corrected chi connectivity index (χ4v) is 3.42. The lowest BCUT2D eigenvalue weighted by atomic mass is 9.93. The standard InChI is InChI=1S/C19H17NO/c20-15-5-1-4-14(11-15)19(21)17-10-9-13-8-7-12-3-2-6-16(17)18(12)13/h1-6,9-11,19,21H,7-8,20H2/t19-/m1/s1. The van der Waals surface area contributed by atoms with Crippen molar-refractivity contribution in [3.8, 4) is 0 Å². The van der Waals surface area contributed by atoms with Crippen molar-refractivity contribution >= 4 is 16.5 Å². The zero-order valence-corrected chi connectivity index (χ0v) is 11.7. The number of hydrogen-bond acceptors (Lipinski definition) is 2. The molecule has 2 nitrogen and oxygen atoms in total. The van der Waals surface area contributed by atoms with Crippen LogP contribution in [0.4, 0.5) is 5.69 Å². The number of benzene rings is 3. The van der Waals surface area contributed by atoms with Crippen molar-refractivity contribution in [3.63, 3.8) is 0 Å². The Morgan fingerprint density at radius 3 is 2.48 bits per heavy atom. The molecule has 2 heteroatoms. The Morgan fingerprint density at radius 1 is 0.905 bits per heavy atom. The average molecular weight is 275 g/mol. The highest BCUT2D eigenvalue weighted by molar-refractivity contribution is 5.93. The normalized spacial score (nSPS) is 14.5. The van der Waals surface area contributed by atoms with Crippen LogP contribution >= 0.6 is 0 Å². The van der Waals surface area contributed by atoms with Gasteiger partial charge in [0.2, 0.25) is 0 Å². The van der Waals surface area contributed by atoms with Crippen molar-refractivity contribution in [3.05, 3.63) is 76.9 Å². The van der Waals surface area contributed by atoms with E-state index < -0.39 is 6.10 Å². The lowest BCUT2D eigenvalue weighted by Crippen LogP contribution is -2.02. The van der Waals surface area contributed by atoms with E-state index in [-0.39, 0.29) is 0 Å². The number of aliphatic hydroxyl groups excluding tert-OH is 1. The van der Waals surface area contributed by atoms with Gasteiger partial charge in [0.15, 0.2) is 0 Å². The zero-order valence-electron chi connectivity index (χ0n) is 11.7. The summed E-state index contributed by atoms with van der Waals surface area (Å²) in [7, 11) is 0. The molecule has 1 atom stereocenters. The molecule has 1 aliphatic rings. The first-order valence-corrected chi connectivity index (χ1v) is 7.31. The van der Waals surface area contributed by atoms with Gasteiger partial charge in [0.1, 0.15) is 6.10 Å². The molecule has 0 amide bonds. The van der Waals surface area contributed by atoms with E-state index in [1.54, 1.807) is 0 Å². The predicted octanol–water partition coefficient (Wildman–Crippen LogP) is 3.60. The molecule has 0 radical (unpaired) electrons. The van der Waals surface area contributed by atoms with E-state index in [2.05, 4.69) is 30.3 Å². The molecule has 0 saturated heterocycles. The van der Waals surface area contributed by atoms with Gasteiger partial charge in [-0.3, -0.25) is 0 Å². The maximum absolute atomic E-state index is 10.8. The summed E-state index contributed by atoms with van der Waals surface area (Å²) in [6, 6.07) is 18.1. The highest BCUT2D eigenvalue weighted by Gasteiger charge is 2.19. The van der Waals surface area contributed by atoms with Crippen molar-refractivity contribution in [2.24, 2.45) is 0 Å². The second-order valence-corrected chi connectivity index (χ2v) is 5.73. The molecule has 4 rings (SSSR count). The Bertz CT molecular complexity index is 828. The van der Waals surface area contributed by atoms with Crippen LogP contribution < -0.4 is 5.73 Å². The molecule has 3 N–H and O–H groups in total. The Hall–Kier alpha value is -2.32. The highest BCUT2D eigenvalue weighted by Crippen LogP contribution is 2.36. The lowest BCUT2D eigenvalue weighted by molar-refractivity contribution is 0.222. The summed E-state index contributed by atoms with van der Waals surface area (Å²) in [6.45, 7) is 0. The van der Waals surface area contributed by atoms with Gasteiger partial charge in [-0.25, -0.2) is 0 Å². The molecular formula is C19H17NO. The molecule has 0 fully saturated rings. The van der Waals surface area contributed by atoms with Crippen molar-refractivity contribution < 1.29 is 5.11 Å². The van der Waals surface area contributed by atoms with Gasteiger partial charge in [0, 0.05) is 5.69 Å². The molecular weight excluding hydrogens is 258 g/mol. The fraction of sp³-hybridized carbons (Fsp3) is 0.158. The van der Waals surface area contributed by atoms with Crippen LogP contribution in [0.1, 0.15) is 28.4 Å². The monoisotopic (exact) mass is 275 g/mol. The van der Waals surface area contributed by atoms with Gasteiger partial charge in [-0.05, 0) is 58.0 Å². The number of rotatable bonds is 2. The second kappa shape index (κ2) is 4.61. The summed E-state index contributed by atoms with van der Waals surface area (Å²) < 4.78 is 0. The largest absolute Gasteiger partial charge is 0.399 e. The molecule has 21 heavy (non-hydrogen) atoms. The number of hydrogen-bond donors (Lipinski definition) is 2. The summed E-state index contributed by atoms with van der Waals surface area (Å²) in [5.74, 6) is 0. The van der Waals surface area contributed by atoms with Crippen LogP contribution in [0.2, 0.25) is 0 Å². The van der Waals surface area contributed by atoms with Crippen LogP contribution in [0.15, 0.2) is 54.6 Å². The van der Waals surface area contributed by atoms with Crippen molar-refractivity contribution in [2.75, 3.05) is 5.73 Å². The third-order valence-corrected chi connectivity index (χ3v) is 4.43. The first-order valence-electron chi connectivity index (χ1n) is 7.31. The molecule has 3 aromatic rings. The van der Waals surface area contributed by atoms with Crippen LogP contribution in [0.5, 0.6) is 0 Å². The average Bonchev–Trinajstić information content (AvgIpc) is 2.92. The summed E-state index contributed by atoms with van der Waals surface area (Å²) in [5.41, 5.74) is 11.1. The molecule has 3 aromatic carbocycles. The molecule has 0 saturated carbocycles. The Kier molecular flexibility index (Phi) is 2.72. The van der Waals surface area contributed by atoms with Crippen molar-refractivity contribution in [1.82, 2.24) is 0 Å². The van der Waals surface area contributed by atoms with E-state index in [1.165, 1.54) is 16.5 Å². The topological polar surface area (TPSA) is 46.2 Å². The molecule has 0 bridgehead atoms. The number of nitrogen functional groups attached to an aromatic ring is 1. The summed E-state index contributed by atoms with van der Waals surface area (Å²) in [6.07, 6.45) is 1.56. The molecule has 0 heterocycles. The first-order chi connectivity index (χ1) is 10.2. The summed E-state index contributed by atoms with van der Waals surface area (Å²) >= 11 is 0. The van der Waals surface area contributed by atoms with Gasteiger partial charge in [0.25, 0.3) is 0 Å². The minimum absolute atomic E-state index is 0.640. The van der Waals surface area contributed by atoms with E-state index in [4.69, 9.17) is 5.73 Å². The Morgan fingerprint density at radius 2 is 1.67 bits per heavy atom. The van der Waals surface area contributed by atoms with Crippen molar-refractivity contribution in [2.45, 2.75) is 18.9 Å². The SMILES string of the molecule is Nc1cccc([C@@H](O)c2ccc3c4c(cccc24)CC3)c1. The van der Waals surface area contributed by atoms with Gasteiger partial charge in [0.05, 0.1) is 0 Å². The van der Waals surface area contributed by atoms with Crippen molar-refractivity contribution in [1.29, 1.82) is 0 Å². The number of nitrogens with two attached hydrogens (primary N) is 1. The minimum atomic E-state index is -0.640. The van der Waals surface area contributed by atoms with E-state index in [0.29, 0.717) is 5.69 Å². The number of aryl methyl sites for hydroxylation is 2. The van der Waals surface area contributed by atoms with E-state index >= 15 is 0 Å². The molecule has 104 valence electrons. The van der Waals surface area contributed by atoms with E-state index in [1.807, 2.05) is 24.3 Å². The highest BCUT2D eigenvalue weighted by atomic mass is 16.3. The molecule has 0 spiro atoms. The van der Waals surface area contributed by atoms with Gasteiger partial charge >= 0.3 is 0 Å². The van der Waals surface area contributed by atoms with E-state index in [0.717, 1.165) is 29.4 Å². The molecule has 1 aliphatic carbocycles. The predicted molar refractivity (Wildman–Crippen MR) is 86.3 cm³/mol. The molecule has 0 unspecified atom stereocenters. The quantitative estimate of drug-likeness (QED) is 0.702. The second-order valence-electron chi connectivity index (χ2n) is 5.73. The van der Waals surface area contributed by atoms with Crippen LogP contribution in [-0.2, 0) is 12.8 Å². The van der Waals surface area contributed by atoms with Gasteiger partial charge < -0.3 is 10.8 Å². The number of anilines is 1. The third-order valence-electron chi connectivity index (χ3n) is 4.43. The van der Waals surface area contributed by atoms with Crippen LogP contribution in [0, 0.1) is 0 Å². The maximum atomic E-state index is 10.8. The fourth-order valence-electron chi connectivity index (χ4n) is 3.42. The minimum Gasteiger partial charge on any atom is -0.399 e. The first kappa shape index (κ1) is 12.4. The summed E-state index contributed by atoms with van der Waals surface area (Å²) in [4.78, 5) is 0. The van der Waals surface area contributed by atoms with E-state index in [9.17, 15) is 5.11 Å². The van der Waals surface area contributed by atoms with Crippen LogP contribution in [0.25, 0.3) is 10.8 Å².